The van der Waals surface area contributed by atoms with E-state index in [4.69, 9.17) is 16.3 Å². The number of amides is 2. The summed E-state index contributed by atoms with van der Waals surface area (Å²) in [5.41, 5.74) is -0.497. The first-order chi connectivity index (χ1) is 16.6. The summed E-state index contributed by atoms with van der Waals surface area (Å²) in [5, 5.41) is 13.6. The third kappa shape index (κ3) is 7.12. The number of benzene rings is 2. The van der Waals surface area contributed by atoms with Crippen molar-refractivity contribution in [1.82, 2.24) is 14.8 Å². The van der Waals surface area contributed by atoms with Crippen molar-refractivity contribution in [3.05, 3.63) is 58.9 Å². The monoisotopic (exact) mass is 527 g/mol. The Hall–Kier alpha value is -3.25. The molecular weight excluding hydrogens is 507 g/mol. The van der Waals surface area contributed by atoms with Gasteiger partial charge in [0.25, 0.3) is 0 Å². The van der Waals surface area contributed by atoms with Gasteiger partial charge in [-0.1, -0.05) is 29.4 Å². The Labute approximate surface area is 208 Å². The van der Waals surface area contributed by atoms with Gasteiger partial charge in [0.2, 0.25) is 11.8 Å². The number of carbonyl (C=O) groups is 2. The molecule has 1 aromatic heterocycles. The van der Waals surface area contributed by atoms with Crippen molar-refractivity contribution in [2.45, 2.75) is 31.2 Å². The molecule has 2 N–H and O–H groups in total. The van der Waals surface area contributed by atoms with Gasteiger partial charge in [0.15, 0.2) is 5.16 Å². The maximum Gasteiger partial charge on any atom is 0.416 e. The summed E-state index contributed by atoms with van der Waals surface area (Å²) in [6, 6.07) is 9.59. The molecule has 35 heavy (non-hydrogen) atoms. The number of alkyl halides is 3. The summed E-state index contributed by atoms with van der Waals surface area (Å²) in [7, 11) is 1.53. The molecule has 1 heterocycles. The fraction of sp³-hybridized carbons (Fsp3) is 0.273. The number of nitrogens with one attached hydrogen (secondary N) is 2. The summed E-state index contributed by atoms with van der Waals surface area (Å²) < 4.78 is 45.6. The van der Waals surface area contributed by atoms with Crippen LogP contribution in [-0.2, 0) is 28.7 Å². The molecule has 0 aliphatic carbocycles. The molecule has 0 unspecified atom stereocenters. The second kappa shape index (κ2) is 11.5. The smallest absolute Gasteiger partial charge is 0.416 e. The average molecular weight is 528 g/mol. The van der Waals surface area contributed by atoms with Gasteiger partial charge in [0.1, 0.15) is 11.6 Å². The van der Waals surface area contributed by atoms with Gasteiger partial charge >= 0.3 is 6.18 Å². The molecule has 0 atom stereocenters. The predicted molar refractivity (Wildman–Crippen MR) is 127 cm³/mol. The van der Waals surface area contributed by atoms with Crippen LogP contribution in [0.1, 0.15) is 18.3 Å². The molecule has 0 aliphatic heterocycles. The normalized spacial score (nSPS) is 11.3. The third-order valence-electron chi connectivity index (χ3n) is 4.68. The van der Waals surface area contributed by atoms with Gasteiger partial charge in [-0.3, -0.25) is 9.59 Å². The van der Waals surface area contributed by atoms with Gasteiger partial charge in [0.05, 0.1) is 35.6 Å². The Morgan fingerprint density at radius 1 is 1.11 bits per heavy atom. The summed E-state index contributed by atoms with van der Waals surface area (Å²) in [6.45, 7) is 2.28. The van der Waals surface area contributed by atoms with Gasteiger partial charge in [-0.25, -0.2) is 0 Å². The third-order valence-corrected chi connectivity index (χ3v) is 5.98. The first kappa shape index (κ1) is 26.4. The number of aromatic nitrogens is 3. The SMILES string of the molecule is CCn1c(CC(=O)Nc2cccc(OC)c2)nnc1SCC(=O)Nc1cc(C(F)(F)F)ccc1Cl. The molecular formula is C22H21ClF3N5O3S. The van der Waals surface area contributed by atoms with Crippen molar-refractivity contribution < 1.29 is 27.5 Å². The van der Waals surface area contributed by atoms with Crippen molar-refractivity contribution >= 4 is 46.6 Å². The van der Waals surface area contributed by atoms with Crippen LogP contribution in [-0.4, -0.2) is 39.4 Å². The Balaban J connectivity index is 1.61. The largest absolute Gasteiger partial charge is 0.497 e. The molecule has 0 fully saturated rings. The van der Waals surface area contributed by atoms with Gasteiger partial charge in [-0.2, -0.15) is 13.2 Å². The van der Waals surface area contributed by atoms with Crippen molar-refractivity contribution in [1.29, 1.82) is 0 Å². The van der Waals surface area contributed by atoms with Gasteiger partial charge in [-0.05, 0) is 37.3 Å². The topological polar surface area (TPSA) is 98.1 Å². The Bertz CT molecular complexity index is 1220. The number of methoxy groups -OCH3 is 1. The van der Waals surface area contributed by atoms with Crippen LogP contribution in [0.15, 0.2) is 47.6 Å². The quantitative estimate of drug-likeness (QED) is 0.384. The second-order valence-corrected chi connectivity index (χ2v) is 8.48. The minimum Gasteiger partial charge on any atom is -0.497 e. The van der Waals surface area contributed by atoms with E-state index in [9.17, 15) is 22.8 Å². The summed E-state index contributed by atoms with van der Waals surface area (Å²) in [6.07, 6.45) is -4.61. The number of hydrogen-bond acceptors (Lipinski definition) is 6. The van der Waals surface area contributed by atoms with Crippen LogP contribution in [0.25, 0.3) is 0 Å². The summed E-state index contributed by atoms with van der Waals surface area (Å²) in [5.74, 6) is -0.0339. The van der Waals surface area contributed by atoms with Crippen molar-refractivity contribution in [3.8, 4) is 5.75 Å². The molecule has 0 radical (unpaired) electrons. The molecule has 2 aromatic carbocycles. The zero-order valence-corrected chi connectivity index (χ0v) is 20.2. The molecule has 0 bridgehead atoms. The standard InChI is InChI=1S/C22H21ClF3N5O3S/c1-3-31-18(11-19(32)27-14-5-4-6-15(10-14)34-2)29-30-21(31)35-12-20(33)28-17-9-13(22(24,25)26)7-8-16(17)23/h4-10H,3,11-12H2,1-2H3,(H,27,32)(H,28,33). The van der Waals surface area contributed by atoms with E-state index >= 15 is 0 Å². The highest BCUT2D eigenvalue weighted by Gasteiger charge is 2.31. The second-order valence-electron chi connectivity index (χ2n) is 7.13. The maximum atomic E-state index is 12.9. The van der Waals surface area contributed by atoms with Crippen LogP contribution in [0.3, 0.4) is 0 Å². The maximum absolute atomic E-state index is 12.9. The first-order valence-corrected chi connectivity index (χ1v) is 11.6. The van der Waals surface area contributed by atoms with Crippen LogP contribution < -0.4 is 15.4 Å². The number of hydrogen-bond donors (Lipinski definition) is 2. The van der Waals surface area contributed by atoms with Crippen molar-refractivity contribution in [2.75, 3.05) is 23.5 Å². The fourth-order valence-electron chi connectivity index (χ4n) is 3.04. The molecule has 0 saturated carbocycles. The van der Waals surface area contributed by atoms with Crippen LogP contribution in [0, 0.1) is 0 Å². The molecule has 3 rings (SSSR count). The lowest BCUT2D eigenvalue weighted by Crippen LogP contribution is -2.18. The zero-order chi connectivity index (χ0) is 25.6. The van der Waals surface area contributed by atoms with Gasteiger partial charge < -0.3 is 19.9 Å². The van der Waals surface area contributed by atoms with E-state index in [1.807, 2.05) is 6.92 Å². The number of carbonyl (C=O) groups excluding carboxylic acids is 2. The molecule has 8 nitrogen and oxygen atoms in total. The Morgan fingerprint density at radius 2 is 1.89 bits per heavy atom. The lowest BCUT2D eigenvalue weighted by Gasteiger charge is -2.12. The lowest BCUT2D eigenvalue weighted by molar-refractivity contribution is -0.137. The number of halogens is 4. The molecule has 13 heteroatoms. The zero-order valence-electron chi connectivity index (χ0n) is 18.6. The van der Waals surface area contributed by atoms with Gasteiger partial charge in [-0.15, -0.1) is 10.2 Å². The number of thioether (sulfide) groups is 1. The fourth-order valence-corrected chi connectivity index (χ4v) is 4.02. The Morgan fingerprint density at radius 3 is 2.57 bits per heavy atom. The van der Waals surface area contributed by atoms with Crippen LogP contribution in [0.2, 0.25) is 5.02 Å². The van der Waals surface area contributed by atoms with Gasteiger partial charge in [0, 0.05) is 18.3 Å². The van der Waals surface area contributed by atoms with E-state index in [-0.39, 0.29) is 28.8 Å². The van der Waals surface area contributed by atoms with Crippen LogP contribution in [0.4, 0.5) is 24.5 Å². The highest BCUT2D eigenvalue weighted by molar-refractivity contribution is 7.99. The molecule has 0 saturated heterocycles. The summed E-state index contributed by atoms with van der Waals surface area (Å²) in [4.78, 5) is 24.8. The van der Waals surface area contributed by atoms with Crippen LogP contribution in [0.5, 0.6) is 5.75 Å². The highest BCUT2D eigenvalue weighted by atomic mass is 35.5. The number of ether oxygens (including phenoxy) is 1. The van der Waals surface area contributed by atoms with Crippen molar-refractivity contribution in [2.24, 2.45) is 0 Å². The minimum absolute atomic E-state index is 0.0163. The molecule has 2 amide bonds. The minimum atomic E-state index is -4.56. The van der Waals surface area contributed by atoms with Crippen molar-refractivity contribution in [3.63, 3.8) is 0 Å². The first-order valence-electron chi connectivity index (χ1n) is 10.3. The van der Waals surface area contributed by atoms with E-state index < -0.39 is 17.6 Å². The molecule has 3 aromatic rings. The highest BCUT2D eigenvalue weighted by Crippen LogP contribution is 2.34. The number of nitrogens with zero attached hydrogens (tertiary/aromatic N) is 3. The predicted octanol–water partition coefficient (Wildman–Crippen LogP) is 4.89. The van der Waals surface area contributed by atoms with E-state index in [1.165, 1.54) is 7.11 Å². The van der Waals surface area contributed by atoms with E-state index in [2.05, 4.69) is 20.8 Å². The molecule has 0 aliphatic rings. The van der Waals surface area contributed by atoms with E-state index in [0.29, 0.717) is 29.0 Å². The number of rotatable bonds is 9. The van der Waals surface area contributed by atoms with E-state index in [1.54, 1.807) is 28.8 Å². The van der Waals surface area contributed by atoms with Crippen LogP contribution >= 0.6 is 23.4 Å². The lowest BCUT2D eigenvalue weighted by atomic mass is 10.2. The molecule has 186 valence electrons. The molecule has 0 spiro atoms. The summed E-state index contributed by atoms with van der Waals surface area (Å²) >= 11 is 6.96. The Kier molecular flexibility index (Phi) is 8.62. The van der Waals surface area contributed by atoms with E-state index in [0.717, 1.165) is 30.0 Å². The number of anilines is 2. The average Bonchev–Trinajstić information content (AvgIpc) is 3.19.